The van der Waals surface area contributed by atoms with E-state index < -0.39 is 29.7 Å². The van der Waals surface area contributed by atoms with E-state index >= 15 is 0 Å². The minimum absolute atomic E-state index is 0. The van der Waals surface area contributed by atoms with Crippen molar-refractivity contribution >= 4 is 29.4 Å². The second-order valence-electron chi connectivity index (χ2n) is 12.6. The molecule has 1 N–H and O–H groups in total. The Balaban J connectivity index is 0.00000576. The van der Waals surface area contributed by atoms with Gasteiger partial charge < -0.3 is 25.1 Å². The van der Waals surface area contributed by atoms with Gasteiger partial charge >= 0.3 is 22.6 Å². The maximum Gasteiger partial charge on any atom is 2.00 e. The summed E-state index contributed by atoms with van der Waals surface area (Å²) < 4.78 is 5.41. The van der Waals surface area contributed by atoms with Crippen LogP contribution in [0.3, 0.4) is 0 Å². The first-order valence-corrected chi connectivity index (χ1v) is 15.4. The van der Waals surface area contributed by atoms with Crippen molar-refractivity contribution in [3.63, 3.8) is 0 Å². The number of alkyl carbamates (subject to hydrolysis) is 1. The third kappa shape index (κ3) is 10.00. The molecule has 1 fully saturated rings. The molecule has 246 valence electrons. The van der Waals surface area contributed by atoms with Gasteiger partial charge in [0.25, 0.3) is 0 Å². The van der Waals surface area contributed by atoms with Crippen molar-refractivity contribution in [1.29, 1.82) is 0 Å². The number of rotatable bonds is 11. The van der Waals surface area contributed by atoms with Crippen LogP contribution in [-0.4, -0.2) is 58.8 Å². The Bertz CT molecular complexity index is 1510. The number of aliphatic imine (C=N–C) groups is 2. The van der Waals surface area contributed by atoms with E-state index in [0.29, 0.717) is 35.5 Å². The molecule has 1 aliphatic rings. The average Bonchev–Trinajstić information content (AvgIpc) is 3.45. The second-order valence-corrected chi connectivity index (χ2v) is 12.6. The predicted octanol–water partition coefficient (Wildman–Crippen LogP) is 4.24. The average molecular weight is 669 g/mol. The second kappa shape index (κ2) is 16.5. The number of aliphatic carboxylic acids is 1. The number of carbonyl (C=O) groups is 2. The van der Waals surface area contributed by atoms with Crippen molar-refractivity contribution in [3.05, 3.63) is 102 Å². The molecule has 4 rings (SSSR count). The fourth-order valence-corrected chi connectivity index (χ4v) is 5.45. The largest absolute Gasteiger partial charge is 2.00 e. The summed E-state index contributed by atoms with van der Waals surface area (Å²) in [6.07, 6.45) is 0.850. The van der Waals surface area contributed by atoms with Gasteiger partial charge in [0.15, 0.2) is 0 Å². The van der Waals surface area contributed by atoms with E-state index in [-0.39, 0.29) is 34.3 Å². The molecule has 1 saturated heterocycles. The smallest absolute Gasteiger partial charge is 0.861 e. The quantitative estimate of drug-likeness (QED) is 0.185. The molecule has 0 bridgehead atoms. The third-order valence-electron chi connectivity index (χ3n) is 7.57. The number of nitrogens with zero attached hydrogens (tertiary/aromatic N) is 3. The minimum atomic E-state index is -1.47. The first kappa shape index (κ1) is 36.5. The van der Waals surface area contributed by atoms with Crippen LogP contribution in [-0.2, 0) is 32.6 Å². The number of hydrogen-bond donors (Lipinski definition) is 1. The molecule has 46 heavy (non-hydrogen) atoms. The van der Waals surface area contributed by atoms with E-state index in [1.54, 1.807) is 58.9 Å². The minimum Gasteiger partial charge on any atom is -0.861 e. The topological polar surface area (TPSA) is 129 Å². The Kier molecular flexibility index (Phi) is 13.1. The van der Waals surface area contributed by atoms with E-state index in [4.69, 9.17) is 9.73 Å². The number of carboxylic acids is 1. The van der Waals surface area contributed by atoms with E-state index in [2.05, 4.69) is 15.2 Å². The van der Waals surface area contributed by atoms with Crippen LogP contribution < -0.4 is 15.5 Å². The molecular weight excluding hydrogens is 627 g/mol. The number of carbonyl (C=O) groups excluding carboxylic acids is 2. The molecule has 3 atom stereocenters. The number of likely N-dealkylation sites (tertiary alicyclic amines) is 1. The maximum atomic E-state index is 13.7. The number of carboxylic acid groups (broad SMARTS) is 1. The first-order valence-electron chi connectivity index (χ1n) is 15.4. The molecule has 0 aliphatic carbocycles. The zero-order valence-electron chi connectivity index (χ0n) is 26.9. The molecule has 0 saturated carbocycles. The van der Waals surface area contributed by atoms with Crippen LogP contribution in [0.25, 0.3) is 0 Å². The molecule has 0 radical (unpaired) electrons. The van der Waals surface area contributed by atoms with E-state index in [0.717, 1.165) is 18.5 Å². The van der Waals surface area contributed by atoms with Gasteiger partial charge in [0.2, 0.25) is 0 Å². The molecule has 10 heteroatoms. The normalized spacial score (nSPS) is 17.2. The number of nitrogens with one attached hydrogen (secondary N) is 1. The van der Waals surface area contributed by atoms with Crippen molar-refractivity contribution in [2.24, 2.45) is 15.9 Å². The van der Waals surface area contributed by atoms with Gasteiger partial charge in [0, 0.05) is 23.7 Å². The predicted molar refractivity (Wildman–Crippen MR) is 172 cm³/mol. The summed E-state index contributed by atoms with van der Waals surface area (Å²) in [7, 11) is 0. The van der Waals surface area contributed by atoms with Crippen molar-refractivity contribution in [2.75, 3.05) is 6.54 Å². The van der Waals surface area contributed by atoms with Crippen LogP contribution in [0.2, 0.25) is 0 Å². The van der Waals surface area contributed by atoms with Crippen LogP contribution in [0.15, 0.2) is 94.9 Å². The fraction of sp³-hybridized carbons (Fsp3) is 0.389. The van der Waals surface area contributed by atoms with Gasteiger partial charge in [-0.3, -0.25) is 14.9 Å². The van der Waals surface area contributed by atoms with Gasteiger partial charge in [0.1, 0.15) is 11.6 Å². The number of benzene rings is 3. The Morgan fingerprint density at radius 1 is 0.957 bits per heavy atom. The van der Waals surface area contributed by atoms with Gasteiger partial charge in [0.05, 0.1) is 23.4 Å². The molecule has 1 amide bonds. The van der Waals surface area contributed by atoms with Crippen LogP contribution in [0.5, 0.6) is 0 Å². The summed E-state index contributed by atoms with van der Waals surface area (Å²) in [4.78, 5) is 36.8. The van der Waals surface area contributed by atoms with Crippen molar-refractivity contribution < 1.29 is 41.0 Å². The molecule has 3 aromatic carbocycles. The Labute approximate surface area is 281 Å². The summed E-state index contributed by atoms with van der Waals surface area (Å²) in [5.74, 6) is -2.04. The van der Waals surface area contributed by atoms with Gasteiger partial charge in [-0.15, -0.1) is 0 Å². The fourth-order valence-electron chi connectivity index (χ4n) is 5.45. The third-order valence-corrected chi connectivity index (χ3v) is 7.57. The van der Waals surface area contributed by atoms with Crippen LogP contribution >= 0.6 is 0 Å². The molecule has 1 aliphatic heterocycles. The van der Waals surface area contributed by atoms with Crippen LogP contribution in [0.4, 0.5) is 10.5 Å². The molecule has 0 aromatic heterocycles. The zero-order valence-corrected chi connectivity index (χ0v) is 27.9. The monoisotopic (exact) mass is 668 g/mol. The summed E-state index contributed by atoms with van der Waals surface area (Å²) in [5.41, 5.74) is 2.19. The van der Waals surface area contributed by atoms with Crippen molar-refractivity contribution in [2.45, 2.75) is 77.7 Å². The summed E-state index contributed by atoms with van der Waals surface area (Å²) >= 11 is 0. The standard InChI is InChI=1S/C36H44N4O5.Ni/c1-24(2)30(39-35(44)45-36(3,4)5)32(34(42)43)38-31(26-17-10-7-11-18-26)27-19-12-13-20-28(27)37-33(41)29-21-14-22-40(29)23-25-15-8-6-9-16-25;/h6-13,15-20,24,29-30,32H,14,21-23H2,1-5H3,(H,37,41)(H,39,44)(H,42,43);/q;+2/p-2/t29-,30+,32-;/m1./s1. The molecule has 9 nitrogen and oxygen atoms in total. The summed E-state index contributed by atoms with van der Waals surface area (Å²) in [5, 5.41) is 29.0. The number of ether oxygens (including phenoxy) is 1. The number of amides is 1. The number of para-hydroxylation sites is 1. The Morgan fingerprint density at radius 2 is 1.57 bits per heavy atom. The summed E-state index contributed by atoms with van der Waals surface area (Å²) in [6.45, 7) is 10.2. The Morgan fingerprint density at radius 3 is 2.17 bits per heavy atom. The van der Waals surface area contributed by atoms with Gasteiger partial charge in [-0.05, 0) is 63.6 Å². The van der Waals surface area contributed by atoms with Crippen LogP contribution in [0.1, 0.15) is 64.2 Å². The SMILES string of the molecule is CC(C)[C@H](NC(=O)OC(C)(C)C)[C@@H](N=C(c1ccccc1)c1ccccc1N=C([O-])[C@H]1CCCN1Cc1ccccc1)C(=O)[O-].[Ni+2]. The van der Waals surface area contributed by atoms with Gasteiger partial charge in [-0.25, -0.2) is 4.79 Å². The molecule has 1 heterocycles. The number of hydrogen-bond acceptors (Lipinski definition) is 8. The molecular formula is C36H42N4NiO5. The molecule has 0 spiro atoms. The first-order chi connectivity index (χ1) is 21.4. The van der Waals surface area contributed by atoms with E-state index in [1.807, 2.05) is 60.7 Å². The van der Waals surface area contributed by atoms with Gasteiger partial charge in [-0.1, -0.05) is 92.7 Å². The van der Waals surface area contributed by atoms with Crippen molar-refractivity contribution in [3.8, 4) is 0 Å². The Hall–Kier alpha value is -4.01. The summed E-state index contributed by atoms with van der Waals surface area (Å²) in [6, 6.07) is 23.5. The van der Waals surface area contributed by atoms with Crippen LogP contribution in [0, 0.1) is 5.92 Å². The van der Waals surface area contributed by atoms with Gasteiger partial charge in [-0.2, -0.15) is 0 Å². The molecule has 0 unspecified atom stereocenters. The maximum absolute atomic E-state index is 13.7. The zero-order chi connectivity index (χ0) is 32.6. The van der Waals surface area contributed by atoms with Crippen molar-refractivity contribution in [1.82, 2.24) is 10.2 Å². The van der Waals surface area contributed by atoms with E-state index in [1.165, 1.54) is 0 Å². The van der Waals surface area contributed by atoms with E-state index in [9.17, 15) is 19.8 Å². The molecule has 3 aromatic rings.